The number of carbonyl (C=O) groups is 1. The molecule has 3 rings (SSSR count). The number of aliphatic hydroxyl groups is 2. The number of piperidine rings is 1. The number of hydrogen-bond acceptors (Lipinski definition) is 4. The number of aliphatic hydroxyl groups excluding tert-OH is 2. The van der Waals surface area contributed by atoms with Crippen LogP contribution in [-0.4, -0.2) is 50.3 Å². The van der Waals surface area contributed by atoms with E-state index in [0.29, 0.717) is 25.3 Å². The van der Waals surface area contributed by atoms with Crippen LogP contribution < -0.4 is 0 Å². The van der Waals surface area contributed by atoms with Gasteiger partial charge in [-0.05, 0) is 31.4 Å². The maximum Gasteiger partial charge on any atom is 0.224 e. The van der Waals surface area contributed by atoms with Gasteiger partial charge in [0.05, 0.1) is 17.6 Å². The first-order chi connectivity index (χ1) is 12.6. The van der Waals surface area contributed by atoms with E-state index in [4.69, 9.17) is 0 Å². The second-order valence-electron chi connectivity index (χ2n) is 7.40. The van der Waals surface area contributed by atoms with Gasteiger partial charge < -0.3 is 19.7 Å². The third-order valence-electron chi connectivity index (χ3n) is 5.55. The van der Waals surface area contributed by atoms with E-state index in [1.54, 1.807) is 0 Å². The summed E-state index contributed by atoms with van der Waals surface area (Å²) >= 11 is 0. The predicted octanol–water partition coefficient (Wildman–Crippen LogP) is 2.32. The van der Waals surface area contributed by atoms with Crippen molar-refractivity contribution in [3.63, 3.8) is 0 Å². The molecule has 0 bridgehead atoms. The Morgan fingerprint density at radius 2 is 2.12 bits per heavy atom. The molecule has 0 spiro atoms. The summed E-state index contributed by atoms with van der Waals surface area (Å²) in [6.07, 6.45) is 4.28. The summed E-state index contributed by atoms with van der Waals surface area (Å²) in [5.74, 6) is 0.702. The second-order valence-corrected chi connectivity index (χ2v) is 7.40. The Hall–Kier alpha value is -1.92. The zero-order valence-electron chi connectivity index (χ0n) is 15.5. The van der Waals surface area contributed by atoms with Crippen molar-refractivity contribution in [2.75, 3.05) is 19.7 Å². The third-order valence-corrected chi connectivity index (χ3v) is 5.55. The monoisotopic (exact) mass is 359 g/mol. The van der Waals surface area contributed by atoms with Crippen LogP contribution in [0.4, 0.5) is 0 Å². The van der Waals surface area contributed by atoms with Gasteiger partial charge in [-0.3, -0.25) is 4.79 Å². The highest BCUT2D eigenvalue weighted by atomic mass is 16.3. The molecule has 1 saturated heterocycles. The van der Waals surface area contributed by atoms with Crippen LogP contribution >= 0.6 is 0 Å². The smallest absolute Gasteiger partial charge is 0.224 e. The van der Waals surface area contributed by atoms with E-state index in [0.717, 1.165) is 43.3 Å². The van der Waals surface area contributed by atoms with Crippen LogP contribution in [-0.2, 0) is 17.9 Å². The fourth-order valence-corrected chi connectivity index (χ4v) is 4.22. The number of hydrogen-bond donors (Lipinski definition) is 2. The number of amides is 1. The fourth-order valence-electron chi connectivity index (χ4n) is 4.22. The third kappa shape index (κ3) is 3.76. The molecule has 1 aliphatic heterocycles. The molecule has 1 aromatic carbocycles. The Morgan fingerprint density at radius 3 is 2.85 bits per heavy atom. The maximum atomic E-state index is 12.8. The Labute approximate surface area is 154 Å². The molecule has 1 aliphatic rings. The van der Waals surface area contributed by atoms with Crippen LogP contribution in [0.25, 0.3) is 11.0 Å². The summed E-state index contributed by atoms with van der Waals surface area (Å²) in [6, 6.07) is 7.74. The Bertz CT molecular complexity index is 754. The molecule has 2 heterocycles. The lowest BCUT2D eigenvalue weighted by Crippen LogP contribution is -2.48. The van der Waals surface area contributed by atoms with E-state index >= 15 is 0 Å². The predicted molar refractivity (Wildman–Crippen MR) is 101 cm³/mol. The molecule has 142 valence electrons. The first kappa shape index (κ1) is 18.9. The van der Waals surface area contributed by atoms with Gasteiger partial charge in [-0.1, -0.05) is 25.5 Å². The minimum atomic E-state index is -0.142. The number of aryl methyl sites for hydroxylation is 1. The van der Waals surface area contributed by atoms with Gasteiger partial charge in [-0.2, -0.15) is 0 Å². The molecule has 6 heteroatoms. The maximum absolute atomic E-state index is 12.8. The van der Waals surface area contributed by atoms with Crippen LogP contribution in [0.2, 0.25) is 0 Å². The number of imidazole rings is 1. The summed E-state index contributed by atoms with van der Waals surface area (Å²) in [5.41, 5.74) is 1.64. The van der Waals surface area contributed by atoms with Crippen molar-refractivity contribution in [1.82, 2.24) is 14.5 Å². The Balaban J connectivity index is 1.69. The normalized spacial score (nSPS) is 20.7. The Morgan fingerprint density at radius 1 is 1.31 bits per heavy atom. The number of para-hydroxylation sites is 2. The van der Waals surface area contributed by atoms with Crippen LogP contribution in [0.1, 0.15) is 44.9 Å². The quantitative estimate of drug-likeness (QED) is 0.795. The summed E-state index contributed by atoms with van der Waals surface area (Å²) in [6.45, 7) is 4.04. The fraction of sp³-hybridized carbons (Fsp3) is 0.600. The molecule has 1 amide bonds. The van der Waals surface area contributed by atoms with Crippen molar-refractivity contribution in [1.29, 1.82) is 0 Å². The SMILES string of the molecule is CCCC1(CO)CCCN(C(=O)CCn2c(CO)nc3ccccc32)C1. The van der Waals surface area contributed by atoms with E-state index in [1.165, 1.54) is 0 Å². The minimum Gasteiger partial charge on any atom is -0.396 e. The van der Waals surface area contributed by atoms with Crippen molar-refractivity contribution in [2.45, 2.75) is 52.2 Å². The lowest BCUT2D eigenvalue weighted by molar-refractivity contribution is -0.136. The molecule has 1 fully saturated rings. The molecular formula is C20H29N3O3. The van der Waals surface area contributed by atoms with Gasteiger partial charge in [0.25, 0.3) is 0 Å². The molecule has 6 nitrogen and oxygen atoms in total. The van der Waals surface area contributed by atoms with Crippen molar-refractivity contribution in [3.05, 3.63) is 30.1 Å². The van der Waals surface area contributed by atoms with Crippen LogP contribution in [0, 0.1) is 5.41 Å². The van der Waals surface area contributed by atoms with E-state index in [-0.39, 0.29) is 24.5 Å². The van der Waals surface area contributed by atoms with Gasteiger partial charge in [-0.25, -0.2) is 4.98 Å². The zero-order chi connectivity index (χ0) is 18.6. The minimum absolute atomic E-state index is 0.111. The molecular weight excluding hydrogens is 330 g/mol. The van der Waals surface area contributed by atoms with Gasteiger partial charge in [0.1, 0.15) is 12.4 Å². The summed E-state index contributed by atoms with van der Waals surface area (Å²) in [5, 5.41) is 19.4. The number of likely N-dealkylation sites (tertiary alicyclic amines) is 1. The summed E-state index contributed by atoms with van der Waals surface area (Å²) < 4.78 is 1.93. The van der Waals surface area contributed by atoms with Crippen LogP contribution in [0.3, 0.4) is 0 Å². The van der Waals surface area contributed by atoms with Gasteiger partial charge >= 0.3 is 0 Å². The van der Waals surface area contributed by atoms with Crippen LogP contribution in [0.15, 0.2) is 24.3 Å². The lowest BCUT2D eigenvalue weighted by Gasteiger charge is -2.42. The number of aromatic nitrogens is 2. The van der Waals surface area contributed by atoms with Crippen molar-refractivity contribution >= 4 is 16.9 Å². The number of carbonyl (C=O) groups excluding carboxylic acids is 1. The highest BCUT2D eigenvalue weighted by molar-refractivity contribution is 5.78. The van der Waals surface area contributed by atoms with E-state index in [1.807, 2.05) is 33.7 Å². The molecule has 0 saturated carbocycles. The van der Waals surface area contributed by atoms with Gasteiger partial charge in [0.2, 0.25) is 5.91 Å². The number of nitrogens with zero attached hydrogens (tertiary/aromatic N) is 3. The molecule has 2 N–H and O–H groups in total. The topological polar surface area (TPSA) is 78.6 Å². The highest BCUT2D eigenvalue weighted by Gasteiger charge is 2.35. The first-order valence-corrected chi connectivity index (χ1v) is 9.56. The number of fused-ring (bicyclic) bond motifs is 1. The summed E-state index contributed by atoms with van der Waals surface area (Å²) in [4.78, 5) is 19.1. The van der Waals surface area contributed by atoms with Crippen molar-refractivity contribution in [3.8, 4) is 0 Å². The lowest BCUT2D eigenvalue weighted by atomic mass is 9.77. The Kier molecular flexibility index (Phi) is 5.94. The number of benzene rings is 1. The van der Waals surface area contributed by atoms with Gasteiger partial charge in [0, 0.05) is 31.5 Å². The van der Waals surface area contributed by atoms with Gasteiger partial charge in [0.15, 0.2) is 0 Å². The molecule has 1 atom stereocenters. The average molecular weight is 359 g/mol. The average Bonchev–Trinajstić information content (AvgIpc) is 3.04. The molecule has 1 unspecified atom stereocenters. The summed E-state index contributed by atoms with van der Waals surface area (Å²) in [7, 11) is 0. The van der Waals surface area contributed by atoms with Gasteiger partial charge in [-0.15, -0.1) is 0 Å². The highest BCUT2D eigenvalue weighted by Crippen LogP contribution is 2.34. The first-order valence-electron chi connectivity index (χ1n) is 9.56. The van der Waals surface area contributed by atoms with Crippen molar-refractivity contribution < 1.29 is 15.0 Å². The van der Waals surface area contributed by atoms with Crippen LogP contribution in [0.5, 0.6) is 0 Å². The van der Waals surface area contributed by atoms with Crippen molar-refractivity contribution in [2.24, 2.45) is 5.41 Å². The molecule has 0 radical (unpaired) electrons. The second kappa shape index (κ2) is 8.18. The molecule has 2 aromatic rings. The zero-order valence-corrected chi connectivity index (χ0v) is 15.5. The van der Waals surface area contributed by atoms with E-state index in [9.17, 15) is 15.0 Å². The standard InChI is InChI=1S/C20H29N3O3/c1-2-9-20(15-25)10-5-11-22(14-20)19(26)8-12-23-17-7-4-3-6-16(17)21-18(23)13-24/h3-4,6-7,24-25H,2,5,8-15H2,1H3. The molecule has 1 aromatic heterocycles. The van der Waals surface area contributed by atoms with E-state index < -0.39 is 0 Å². The molecule has 26 heavy (non-hydrogen) atoms. The molecule has 0 aliphatic carbocycles. The largest absolute Gasteiger partial charge is 0.396 e. The number of rotatable bonds is 7. The van der Waals surface area contributed by atoms with E-state index in [2.05, 4.69) is 11.9 Å².